The SMILES string of the molecule is CCN1CCN(c2cc(Nc3ccccn3)c([N+](=O)[O-])c3nonc23)CC1. The molecule has 0 bridgehead atoms. The molecule has 0 atom stereocenters. The van der Waals surface area contributed by atoms with Gasteiger partial charge in [-0.2, -0.15) is 0 Å². The van der Waals surface area contributed by atoms with Gasteiger partial charge in [0.25, 0.3) is 0 Å². The highest BCUT2D eigenvalue weighted by molar-refractivity contribution is 6.00. The van der Waals surface area contributed by atoms with Gasteiger partial charge in [0.1, 0.15) is 11.5 Å². The van der Waals surface area contributed by atoms with E-state index in [9.17, 15) is 10.1 Å². The van der Waals surface area contributed by atoms with Gasteiger partial charge in [0, 0.05) is 32.4 Å². The lowest BCUT2D eigenvalue weighted by atomic mass is 10.1. The number of nitro benzene ring substituents is 1. The van der Waals surface area contributed by atoms with Crippen LogP contribution >= 0.6 is 0 Å². The van der Waals surface area contributed by atoms with Gasteiger partial charge in [-0.15, -0.1) is 0 Å². The predicted molar refractivity (Wildman–Crippen MR) is 100 cm³/mol. The largest absolute Gasteiger partial charge is 0.367 e. The lowest BCUT2D eigenvalue weighted by molar-refractivity contribution is -0.382. The molecule has 140 valence electrons. The summed E-state index contributed by atoms with van der Waals surface area (Å²) in [5, 5.41) is 22.5. The maximum absolute atomic E-state index is 11.7. The molecule has 0 saturated carbocycles. The first-order chi connectivity index (χ1) is 13.2. The summed E-state index contributed by atoms with van der Waals surface area (Å²) in [5.41, 5.74) is 1.45. The van der Waals surface area contributed by atoms with Crippen molar-refractivity contribution in [3.63, 3.8) is 0 Å². The maximum atomic E-state index is 11.7. The molecular weight excluding hydrogens is 350 g/mol. The van der Waals surface area contributed by atoms with Crippen molar-refractivity contribution in [2.75, 3.05) is 42.9 Å². The molecule has 0 spiro atoms. The van der Waals surface area contributed by atoms with E-state index in [0.29, 0.717) is 17.0 Å². The Bertz CT molecular complexity index is 952. The van der Waals surface area contributed by atoms with Gasteiger partial charge < -0.3 is 15.1 Å². The van der Waals surface area contributed by atoms with Crippen LogP contribution in [0.2, 0.25) is 0 Å². The Balaban J connectivity index is 1.79. The Morgan fingerprint density at radius 2 is 2.00 bits per heavy atom. The molecule has 1 saturated heterocycles. The second-order valence-corrected chi connectivity index (χ2v) is 6.27. The number of anilines is 3. The van der Waals surface area contributed by atoms with Crippen molar-refractivity contribution in [1.82, 2.24) is 20.2 Å². The number of rotatable bonds is 5. The maximum Gasteiger partial charge on any atom is 0.324 e. The molecule has 0 aliphatic carbocycles. The third-order valence-electron chi connectivity index (χ3n) is 4.76. The Hall–Kier alpha value is -3.27. The number of nitrogens with one attached hydrogen (secondary N) is 1. The van der Waals surface area contributed by atoms with E-state index in [2.05, 4.69) is 37.3 Å². The van der Waals surface area contributed by atoms with Crippen LogP contribution in [0.15, 0.2) is 35.1 Å². The third-order valence-corrected chi connectivity index (χ3v) is 4.76. The highest BCUT2D eigenvalue weighted by Crippen LogP contribution is 2.39. The molecule has 1 aliphatic heterocycles. The fraction of sp³-hybridized carbons (Fsp3) is 0.353. The van der Waals surface area contributed by atoms with Crippen LogP contribution in [0.3, 0.4) is 0 Å². The van der Waals surface area contributed by atoms with Gasteiger partial charge in [-0.1, -0.05) is 13.0 Å². The molecule has 1 aromatic carbocycles. The summed E-state index contributed by atoms with van der Waals surface area (Å²) in [6.07, 6.45) is 1.62. The minimum Gasteiger partial charge on any atom is -0.367 e. The molecule has 4 rings (SSSR count). The number of nitro groups is 1. The fourth-order valence-electron chi connectivity index (χ4n) is 3.31. The van der Waals surface area contributed by atoms with Crippen molar-refractivity contribution in [2.24, 2.45) is 0 Å². The molecule has 0 radical (unpaired) electrons. The summed E-state index contributed by atoms with van der Waals surface area (Å²) >= 11 is 0. The zero-order valence-electron chi connectivity index (χ0n) is 14.8. The van der Waals surface area contributed by atoms with Crippen molar-refractivity contribution in [2.45, 2.75) is 6.92 Å². The molecule has 10 heteroatoms. The van der Waals surface area contributed by atoms with Crippen molar-refractivity contribution >= 4 is 33.9 Å². The first-order valence-corrected chi connectivity index (χ1v) is 8.76. The quantitative estimate of drug-likeness (QED) is 0.535. The van der Waals surface area contributed by atoms with Crippen LogP contribution in [0.1, 0.15) is 6.92 Å². The zero-order valence-corrected chi connectivity index (χ0v) is 14.8. The highest BCUT2D eigenvalue weighted by atomic mass is 16.6. The van der Waals surface area contributed by atoms with Gasteiger partial charge >= 0.3 is 5.69 Å². The number of hydrogen-bond donors (Lipinski definition) is 1. The minimum absolute atomic E-state index is 0.133. The monoisotopic (exact) mass is 369 g/mol. The van der Waals surface area contributed by atoms with Gasteiger partial charge in [-0.3, -0.25) is 10.1 Å². The standard InChI is InChI=1S/C17H19N7O3/c1-2-22-7-9-23(10-8-22)13-11-12(19-14-5-3-4-6-18-14)17(24(25)26)16-15(13)20-27-21-16/h3-6,11H,2,7-10H2,1H3,(H,18,19). The van der Waals surface area contributed by atoms with Crippen LogP contribution < -0.4 is 10.2 Å². The lowest BCUT2D eigenvalue weighted by Gasteiger charge is -2.35. The van der Waals surface area contributed by atoms with Gasteiger partial charge in [-0.25, -0.2) is 9.61 Å². The van der Waals surface area contributed by atoms with Gasteiger partial charge in [-0.05, 0) is 35.1 Å². The molecule has 2 aromatic heterocycles. The molecule has 27 heavy (non-hydrogen) atoms. The van der Waals surface area contributed by atoms with Crippen molar-refractivity contribution in [3.8, 4) is 0 Å². The van der Waals surface area contributed by atoms with E-state index in [1.165, 1.54) is 0 Å². The van der Waals surface area contributed by atoms with E-state index in [-0.39, 0.29) is 11.2 Å². The molecule has 3 aromatic rings. The molecule has 0 amide bonds. The van der Waals surface area contributed by atoms with Crippen molar-refractivity contribution in [1.29, 1.82) is 0 Å². The van der Waals surface area contributed by atoms with Crippen LogP contribution in [-0.4, -0.2) is 57.8 Å². The second kappa shape index (κ2) is 7.16. The van der Waals surface area contributed by atoms with Crippen LogP contribution in [0.4, 0.5) is 22.9 Å². The number of aromatic nitrogens is 3. The predicted octanol–water partition coefficient (Wildman–Crippen LogP) is 2.41. The topological polar surface area (TPSA) is 113 Å². The summed E-state index contributed by atoms with van der Waals surface area (Å²) in [6, 6.07) is 7.07. The van der Waals surface area contributed by atoms with Crippen LogP contribution in [0.25, 0.3) is 11.0 Å². The Kier molecular flexibility index (Phi) is 4.55. The highest BCUT2D eigenvalue weighted by Gasteiger charge is 2.29. The third kappa shape index (κ3) is 3.26. The number of likely N-dealkylation sites (N-methyl/N-ethyl adjacent to an activating group) is 1. The number of nitrogens with zero attached hydrogens (tertiary/aromatic N) is 6. The van der Waals surface area contributed by atoms with Crippen LogP contribution in [0, 0.1) is 10.1 Å². The zero-order chi connectivity index (χ0) is 18.8. The number of hydrogen-bond acceptors (Lipinski definition) is 9. The number of piperazine rings is 1. The summed E-state index contributed by atoms with van der Waals surface area (Å²) in [4.78, 5) is 19.9. The van der Waals surface area contributed by atoms with Crippen molar-refractivity contribution < 1.29 is 9.55 Å². The fourth-order valence-corrected chi connectivity index (χ4v) is 3.31. The summed E-state index contributed by atoms with van der Waals surface area (Å²) in [7, 11) is 0. The van der Waals surface area contributed by atoms with Crippen molar-refractivity contribution in [3.05, 3.63) is 40.6 Å². The first-order valence-electron chi connectivity index (χ1n) is 8.76. The minimum atomic E-state index is -0.476. The number of fused-ring (bicyclic) bond motifs is 1. The van der Waals surface area contributed by atoms with Gasteiger partial charge in [0.15, 0.2) is 5.52 Å². The molecule has 1 fully saturated rings. The van der Waals surface area contributed by atoms with E-state index in [1.807, 2.05) is 6.07 Å². The Morgan fingerprint density at radius 1 is 1.22 bits per heavy atom. The molecule has 1 N–H and O–H groups in total. The van der Waals surface area contributed by atoms with E-state index >= 15 is 0 Å². The molecule has 1 aliphatic rings. The Morgan fingerprint density at radius 3 is 2.67 bits per heavy atom. The van der Waals surface area contributed by atoms with E-state index in [4.69, 9.17) is 4.63 Å². The average molecular weight is 369 g/mol. The summed E-state index contributed by atoms with van der Waals surface area (Å²) in [6.45, 7) is 6.58. The van der Waals surface area contributed by atoms with Crippen LogP contribution in [0.5, 0.6) is 0 Å². The molecular formula is C17H19N7O3. The number of benzene rings is 1. The van der Waals surface area contributed by atoms with Gasteiger partial charge in [0.05, 0.1) is 10.6 Å². The van der Waals surface area contributed by atoms with Gasteiger partial charge in [0.2, 0.25) is 5.52 Å². The molecule has 10 nitrogen and oxygen atoms in total. The normalized spacial score (nSPS) is 15.2. The van der Waals surface area contributed by atoms with Crippen LogP contribution in [-0.2, 0) is 0 Å². The molecule has 0 unspecified atom stereocenters. The molecule has 3 heterocycles. The average Bonchev–Trinajstić information content (AvgIpc) is 3.17. The Labute approximate surface area is 154 Å². The number of pyridine rings is 1. The first kappa shape index (κ1) is 17.2. The summed E-state index contributed by atoms with van der Waals surface area (Å²) in [5.74, 6) is 0.512. The smallest absolute Gasteiger partial charge is 0.324 e. The van der Waals surface area contributed by atoms with E-state index in [1.54, 1.807) is 24.4 Å². The van der Waals surface area contributed by atoms with E-state index in [0.717, 1.165) is 38.4 Å². The second-order valence-electron chi connectivity index (χ2n) is 6.27. The lowest BCUT2D eigenvalue weighted by Crippen LogP contribution is -2.46. The van der Waals surface area contributed by atoms with E-state index < -0.39 is 4.92 Å². The summed E-state index contributed by atoms with van der Waals surface area (Å²) < 4.78 is 4.85.